The van der Waals surface area contributed by atoms with E-state index in [0.29, 0.717) is 25.3 Å². The van der Waals surface area contributed by atoms with E-state index < -0.39 is 42.9 Å². The molecule has 0 bridgehead atoms. The molecule has 2 fully saturated rings. The lowest BCUT2D eigenvalue weighted by Crippen LogP contribution is -2.60. The summed E-state index contributed by atoms with van der Waals surface area (Å²) in [4.78, 5) is 29.5. The zero-order chi connectivity index (χ0) is 32.9. The number of nitrogens with zero attached hydrogens (tertiary/aromatic N) is 3. The van der Waals surface area contributed by atoms with Gasteiger partial charge in [0.1, 0.15) is 35.7 Å². The molecular formula is C31H47N5O9. The normalized spacial score (nSPS) is 24.5. The quantitative estimate of drug-likeness (QED) is 0.181. The molecule has 3 heterocycles. The number of aromatic nitrogens is 2. The topological polar surface area (TPSA) is 190 Å². The first-order valence-electron chi connectivity index (χ1n) is 15.4. The molecule has 2 amide bonds. The largest absolute Gasteiger partial charge is 0.493 e. The zero-order valence-electron chi connectivity index (χ0n) is 26.6. The molecule has 2 aromatic rings. The molecule has 0 saturated carbocycles. The third kappa shape index (κ3) is 8.51. The number of nitrogens with one attached hydrogen (secondary N) is 2. The van der Waals surface area contributed by atoms with Crippen molar-refractivity contribution < 1.29 is 44.2 Å². The fraction of sp³-hybridized carbons (Fsp3) is 0.645. The van der Waals surface area contributed by atoms with Crippen LogP contribution in [-0.2, 0) is 20.7 Å². The van der Waals surface area contributed by atoms with Gasteiger partial charge >= 0.3 is 0 Å². The highest BCUT2D eigenvalue weighted by Gasteiger charge is 2.45. The van der Waals surface area contributed by atoms with Crippen molar-refractivity contribution in [1.29, 1.82) is 0 Å². The monoisotopic (exact) mass is 633 g/mol. The maximum absolute atomic E-state index is 12.9. The Morgan fingerprint density at radius 2 is 1.76 bits per heavy atom. The van der Waals surface area contributed by atoms with Crippen molar-refractivity contribution >= 4 is 11.8 Å². The van der Waals surface area contributed by atoms with Crippen molar-refractivity contribution in [3.63, 3.8) is 0 Å². The second-order valence-corrected chi connectivity index (χ2v) is 12.6. The number of H-pyrrole nitrogens is 1. The predicted octanol–water partition coefficient (Wildman–Crippen LogP) is -0.260. The van der Waals surface area contributed by atoms with Crippen molar-refractivity contribution in [2.24, 2.45) is 0 Å². The minimum atomic E-state index is -1.57. The first-order valence-corrected chi connectivity index (χ1v) is 15.4. The van der Waals surface area contributed by atoms with Gasteiger partial charge in [-0.15, -0.1) is 5.10 Å². The summed E-state index contributed by atoms with van der Waals surface area (Å²) in [6, 6.07) is 7.34. The summed E-state index contributed by atoms with van der Waals surface area (Å²) < 4.78 is 17.1. The number of aliphatic hydroxyl groups excluding tert-OH is 4. The first kappa shape index (κ1) is 34.6. The number of ether oxygens (including phenoxy) is 3. The van der Waals surface area contributed by atoms with Crippen LogP contribution >= 0.6 is 0 Å². The maximum Gasteiger partial charge on any atom is 0.247 e. The van der Waals surface area contributed by atoms with Crippen molar-refractivity contribution in [3.05, 3.63) is 41.1 Å². The van der Waals surface area contributed by atoms with E-state index in [9.17, 15) is 30.0 Å². The second kappa shape index (κ2) is 14.9. The second-order valence-electron chi connectivity index (χ2n) is 12.6. The Bertz CT molecular complexity index is 1270. The molecule has 0 spiro atoms. The van der Waals surface area contributed by atoms with Crippen molar-refractivity contribution in [1.82, 2.24) is 25.3 Å². The van der Waals surface area contributed by atoms with E-state index >= 15 is 0 Å². The summed E-state index contributed by atoms with van der Waals surface area (Å²) in [6.07, 6.45) is -6.57. The van der Waals surface area contributed by atoms with Gasteiger partial charge in [-0.3, -0.25) is 14.7 Å². The number of benzene rings is 1. The fourth-order valence-electron chi connectivity index (χ4n) is 5.42. The van der Waals surface area contributed by atoms with Crippen molar-refractivity contribution in [2.75, 3.05) is 46.4 Å². The molecule has 2 aliphatic heterocycles. The molecule has 0 unspecified atom stereocenters. The van der Waals surface area contributed by atoms with Crippen LogP contribution in [0.1, 0.15) is 56.9 Å². The van der Waals surface area contributed by atoms with Gasteiger partial charge in [-0.05, 0) is 44.5 Å². The van der Waals surface area contributed by atoms with E-state index in [1.807, 2.05) is 33.0 Å². The molecule has 0 aliphatic carbocycles. The predicted molar refractivity (Wildman–Crippen MR) is 163 cm³/mol. The summed E-state index contributed by atoms with van der Waals surface area (Å²) >= 11 is 0. The zero-order valence-corrected chi connectivity index (χ0v) is 26.6. The number of carbonyl (C=O) groups is 2. The minimum absolute atomic E-state index is 0.0650. The van der Waals surface area contributed by atoms with E-state index in [2.05, 4.69) is 20.4 Å². The van der Waals surface area contributed by atoms with Crippen LogP contribution in [0.5, 0.6) is 11.6 Å². The van der Waals surface area contributed by atoms with Gasteiger partial charge in [0.15, 0.2) is 0 Å². The standard InChI is InChI=1S/C31H47N5O9/c1-18(2)24-21(28(34-33-24)45-29-27(41)26(40)25(39)22(17-37)44-29)16-19-6-8-20(9-7-19)43-15-10-23(38)32-31(3,4)30(42)36-13-11-35(5)12-14-36/h6-9,18,22,25-27,29,37,39-41H,10-17H2,1-5H3,(H,32,38)(H,33,34)/t22-,25+,26+,27-,29+/m1/s1. The Morgan fingerprint density at radius 3 is 2.38 bits per heavy atom. The molecule has 250 valence electrons. The number of amides is 2. The minimum Gasteiger partial charge on any atom is -0.493 e. The molecule has 6 N–H and O–H groups in total. The summed E-state index contributed by atoms with van der Waals surface area (Å²) in [5.41, 5.74) is 1.43. The van der Waals surface area contributed by atoms with Crippen LogP contribution in [-0.4, -0.2) is 135 Å². The number of likely N-dealkylation sites (N-methyl/N-ethyl adjacent to an activating group) is 1. The van der Waals surface area contributed by atoms with Gasteiger partial charge in [0.2, 0.25) is 24.0 Å². The number of piperazine rings is 1. The Morgan fingerprint density at radius 1 is 1.09 bits per heavy atom. The molecule has 1 aromatic heterocycles. The van der Waals surface area contributed by atoms with Gasteiger partial charge in [0, 0.05) is 43.9 Å². The van der Waals surface area contributed by atoms with Crippen LogP contribution in [0.25, 0.3) is 0 Å². The lowest BCUT2D eigenvalue weighted by molar-refractivity contribution is -0.278. The van der Waals surface area contributed by atoms with Gasteiger partial charge in [-0.2, -0.15) is 0 Å². The Hall–Kier alpha value is -3.27. The summed E-state index contributed by atoms with van der Waals surface area (Å²) in [6.45, 7) is 9.88. The average molecular weight is 634 g/mol. The number of carbonyl (C=O) groups excluding carboxylic acids is 2. The van der Waals surface area contributed by atoms with Crippen LogP contribution < -0.4 is 14.8 Å². The van der Waals surface area contributed by atoms with Crippen LogP contribution in [0.15, 0.2) is 24.3 Å². The van der Waals surface area contributed by atoms with Crippen LogP contribution in [0.3, 0.4) is 0 Å². The van der Waals surface area contributed by atoms with E-state index in [1.165, 1.54) is 0 Å². The number of aliphatic hydroxyl groups is 4. The highest BCUT2D eigenvalue weighted by Crippen LogP contribution is 2.31. The lowest BCUT2D eigenvalue weighted by atomic mass is 9.98. The Kier molecular flexibility index (Phi) is 11.4. The summed E-state index contributed by atoms with van der Waals surface area (Å²) in [5.74, 6) is 0.444. The molecule has 2 saturated heterocycles. The van der Waals surface area contributed by atoms with Crippen LogP contribution in [0.4, 0.5) is 0 Å². The molecule has 14 heteroatoms. The number of rotatable bonds is 12. The van der Waals surface area contributed by atoms with Crippen molar-refractivity contribution in [2.45, 2.75) is 82.7 Å². The molecular weight excluding hydrogens is 586 g/mol. The first-order chi connectivity index (χ1) is 21.3. The summed E-state index contributed by atoms with van der Waals surface area (Å²) in [5, 5.41) is 50.2. The van der Waals surface area contributed by atoms with Gasteiger partial charge in [-0.25, -0.2) is 0 Å². The molecule has 0 radical (unpaired) electrons. The van der Waals surface area contributed by atoms with E-state index in [1.54, 1.807) is 30.9 Å². The van der Waals surface area contributed by atoms with Gasteiger partial charge in [0.25, 0.3) is 0 Å². The third-order valence-corrected chi connectivity index (χ3v) is 8.19. The fourth-order valence-corrected chi connectivity index (χ4v) is 5.42. The smallest absolute Gasteiger partial charge is 0.247 e. The SMILES string of the molecule is CC(C)c1[nH]nc(O[C@@H]2O[C@H](CO)[C@H](O)[C@H](O)[C@H]2O)c1Cc1ccc(OCCC(=O)NC(C)(C)C(=O)N2CCN(C)CC2)cc1. The molecule has 2 aliphatic rings. The van der Waals surface area contributed by atoms with Gasteiger partial charge in [0.05, 0.1) is 19.6 Å². The van der Waals surface area contributed by atoms with E-state index in [4.69, 9.17) is 14.2 Å². The molecule has 4 rings (SSSR count). The highest BCUT2D eigenvalue weighted by atomic mass is 16.7. The number of hydrogen-bond donors (Lipinski definition) is 6. The van der Waals surface area contributed by atoms with Crippen LogP contribution in [0, 0.1) is 0 Å². The van der Waals surface area contributed by atoms with E-state index in [-0.39, 0.29) is 36.6 Å². The molecule has 45 heavy (non-hydrogen) atoms. The van der Waals surface area contributed by atoms with Gasteiger partial charge in [-0.1, -0.05) is 26.0 Å². The highest BCUT2D eigenvalue weighted by molar-refractivity contribution is 5.90. The van der Waals surface area contributed by atoms with Crippen molar-refractivity contribution in [3.8, 4) is 11.6 Å². The maximum atomic E-state index is 12.9. The Labute approximate surface area is 263 Å². The number of aromatic amines is 1. The summed E-state index contributed by atoms with van der Waals surface area (Å²) in [7, 11) is 2.02. The molecule has 14 nitrogen and oxygen atoms in total. The lowest BCUT2D eigenvalue weighted by Gasteiger charge is -2.39. The number of hydrogen-bond acceptors (Lipinski definition) is 11. The van der Waals surface area contributed by atoms with Crippen LogP contribution in [0.2, 0.25) is 0 Å². The van der Waals surface area contributed by atoms with Gasteiger partial charge < -0.3 is 49.8 Å². The molecule has 1 aromatic carbocycles. The van der Waals surface area contributed by atoms with E-state index in [0.717, 1.165) is 29.9 Å². The Balaban J connectivity index is 1.32. The third-order valence-electron chi connectivity index (χ3n) is 8.19. The molecule has 5 atom stereocenters. The average Bonchev–Trinajstić information content (AvgIpc) is 3.40.